The Bertz CT molecular complexity index is 1100. The predicted molar refractivity (Wildman–Crippen MR) is 108 cm³/mol. The topological polar surface area (TPSA) is 93.8 Å². The second-order valence-corrected chi connectivity index (χ2v) is 7.67. The van der Waals surface area contributed by atoms with Gasteiger partial charge >= 0.3 is 5.97 Å². The second kappa shape index (κ2) is 7.93. The van der Waals surface area contributed by atoms with Crippen LogP contribution in [0, 0.1) is 0 Å². The van der Waals surface area contributed by atoms with Crippen LogP contribution in [0.2, 0.25) is 0 Å². The highest BCUT2D eigenvalue weighted by Crippen LogP contribution is 2.33. The molecule has 0 aliphatic heterocycles. The number of aryl methyl sites for hydroxylation is 2. The molecular weight excluding hydrogens is 378 g/mol. The zero-order chi connectivity index (χ0) is 19.5. The molecule has 3 aromatic rings. The van der Waals surface area contributed by atoms with E-state index in [4.69, 9.17) is 9.84 Å². The number of aromatic nitrogens is 2. The van der Waals surface area contributed by atoms with Crippen molar-refractivity contribution in [1.29, 1.82) is 0 Å². The van der Waals surface area contributed by atoms with Crippen LogP contribution in [0.25, 0.3) is 10.2 Å². The molecule has 0 unspecified atom stereocenters. The Morgan fingerprint density at radius 1 is 1.29 bits per heavy atom. The van der Waals surface area contributed by atoms with Gasteiger partial charge in [-0.2, -0.15) is 9.78 Å². The van der Waals surface area contributed by atoms with Gasteiger partial charge in [0.15, 0.2) is 0 Å². The number of hydrogen-bond donors (Lipinski definition) is 1. The summed E-state index contributed by atoms with van der Waals surface area (Å²) in [5, 5.41) is 13.6. The summed E-state index contributed by atoms with van der Waals surface area (Å²) in [6.45, 7) is 0.120. The van der Waals surface area contributed by atoms with E-state index in [2.05, 4.69) is 10.1 Å². The Labute approximate surface area is 164 Å². The van der Waals surface area contributed by atoms with Crippen molar-refractivity contribution in [1.82, 2.24) is 9.66 Å². The number of hydrogen-bond acceptors (Lipinski definition) is 6. The van der Waals surface area contributed by atoms with Gasteiger partial charge < -0.3 is 9.84 Å². The minimum absolute atomic E-state index is 0.0477. The van der Waals surface area contributed by atoms with E-state index in [-0.39, 0.29) is 18.6 Å². The fourth-order valence-corrected chi connectivity index (χ4v) is 4.47. The highest BCUT2D eigenvalue weighted by molar-refractivity contribution is 7.18. The van der Waals surface area contributed by atoms with E-state index in [1.54, 1.807) is 41.8 Å². The van der Waals surface area contributed by atoms with E-state index >= 15 is 0 Å². The first kappa shape index (κ1) is 18.4. The first-order valence-electron chi connectivity index (χ1n) is 9.13. The normalized spacial score (nSPS) is 13.7. The second-order valence-electron chi connectivity index (χ2n) is 6.59. The van der Waals surface area contributed by atoms with Crippen LogP contribution >= 0.6 is 11.3 Å². The SMILES string of the molecule is O=C(O)CCOc1ccc(C=Nn2cnc3sc4c(c3c2=O)CCCC4)cc1. The van der Waals surface area contributed by atoms with Crippen LogP contribution in [-0.2, 0) is 17.6 Å². The first-order valence-corrected chi connectivity index (χ1v) is 9.94. The summed E-state index contributed by atoms with van der Waals surface area (Å²) in [4.78, 5) is 29.9. The number of fused-ring (bicyclic) bond motifs is 3. The van der Waals surface area contributed by atoms with Crippen molar-refractivity contribution in [3.63, 3.8) is 0 Å². The molecule has 0 atom stereocenters. The third-order valence-corrected chi connectivity index (χ3v) is 5.85. The van der Waals surface area contributed by atoms with Gasteiger partial charge in [0.1, 0.15) is 16.9 Å². The molecule has 2 heterocycles. The number of carboxylic acid groups (broad SMARTS) is 1. The predicted octanol–water partition coefficient (Wildman–Crippen LogP) is 3.07. The lowest BCUT2D eigenvalue weighted by Gasteiger charge is -2.09. The Hall–Kier alpha value is -3.00. The van der Waals surface area contributed by atoms with E-state index in [1.165, 1.54) is 22.3 Å². The van der Waals surface area contributed by atoms with Gasteiger partial charge in [0, 0.05) is 4.88 Å². The molecule has 1 N–H and O–H groups in total. The van der Waals surface area contributed by atoms with Crippen molar-refractivity contribution in [2.24, 2.45) is 5.10 Å². The molecule has 144 valence electrons. The molecule has 0 radical (unpaired) electrons. The van der Waals surface area contributed by atoms with Crippen molar-refractivity contribution in [2.75, 3.05) is 6.61 Å². The smallest absolute Gasteiger partial charge is 0.306 e. The highest BCUT2D eigenvalue weighted by Gasteiger charge is 2.19. The number of rotatable bonds is 6. The minimum Gasteiger partial charge on any atom is -0.493 e. The van der Waals surface area contributed by atoms with E-state index < -0.39 is 5.97 Å². The highest BCUT2D eigenvalue weighted by atomic mass is 32.1. The van der Waals surface area contributed by atoms with Crippen molar-refractivity contribution in [3.8, 4) is 5.75 Å². The summed E-state index contributed by atoms with van der Waals surface area (Å²) in [7, 11) is 0. The van der Waals surface area contributed by atoms with Gasteiger partial charge in [-0.05, 0) is 61.1 Å². The maximum Gasteiger partial charge on any atom is 0.306 e. The molecule has 0 spiro atoms. The third-order valence-electron chi connectivity index (χ3n) is 4.65. The average molecular weight is 397 g/mol. The Morgan fingerprint density at radius 2 is 2.07 bits per heavy atom. The van der Waals surface area contributed by atoms with Crippen LogP contribution in [0.3, 0.4) is 0 Å². The van der Waals surface area contributed by atoms with Crippen LogP contribution in [0.1, 0.15) is 35.3 Å². The lowest BCUT2D eigenvalue weighted by Crippen LogP contribution is -2.18. The quantitative estimate of drug-likeness (QED) is 0.645. The molecule has 0 bridgehead atoms. The maximum absolute atomic E-state index is 12.9. The van der Waals surface area contributed by atoms with Crippen molar-refractivity contribution in [2.45, 2.75) is 32.1 Å². The molecule has 1 aromatic carbocycles. The van der Waals surface area contributed by atoms with E-state index in [1.807, 2.05) is 0 Å². The van der Waals surface area contributed by atoms with Crippen molar-refractivity contribution < 1.29 is 14.6 Å². The molecular formula is C20H19N3O4S. The largest absolute Gasteiger partial charge is 0.493 e. The molecule has 8 heteroatoms. The summed E-state index contributed by atoms with van der Waals surface area (Å²) in [5.74, 6) is -0.310. The van der Waals surface area contributed by atoms with Gasteiger partial charge in [-0.1, -0.05) is 0 Å². The number of carboxylic acids is 1. The van der Waals surface area contributed by atoms with Crippen LogP contribution < -0.4 is 10.3 Å². The molecule has 4 rings (SSSR count). The van der Waals surface area contributed by atoms with E-state index in [0.29, 0.717) is 11.1 Å². The van der Waals surface area contributed by atoms with Crippen molar-refractivity contribution >= 4 is 33.7 Å². The Morgan fingerprint density at radius 3 is 2.86 bits per heavy atom. The number of thiophene rings is 1. The third kappa shape index (κ3) is 3.82. The van der Waals surface area contributed by atoms with Crippen LogP contribution in [0.4, 0.5) is 0 Å². The molecule has 1 aliphatic rings. The molecule has 0 saturated heterocycles. The first-order chi connectivity index (χ1) is 13.6. The Kier molecular flexibility index (Phi) is 5.21. The molecule has 0 fully saturated rings. The molecule has 0 amide bonds. The zero-order valence-electron chi connectivity index (χ0n) is 15.1. The van der Waals surface area contributed by atoms with Gasteiger partial charge in [0.2, 0.25) is 0 Å². The number of ether oxygens (including phenoxy) is 1. The molecule has 28 heavy (non-hydrogen) atoms. The van der Waals surface area contributed by atoms with E-state index in [0.717, 1.165) is 35.2 Å². The van der Waals surface area contributed by atoms with Gasteiger partial charge in [0.05, 0.1) is 24.6 Å². The summed E-state index contributed by atoms with van der Waals surface area (Å²) in [5.41, 5.74) is 1.82. The number of nitrogens with zero attached hydrogens (tertiary/aromatic N) is 3. The summed E-state index contributed by atoms with van der Waals surface area (Å²) >= 11 is 1.62. The zero-order valence-corrected chi connectivity index (χ0v) is 15.9. The van der Waals surface area contributed by atoms with Gasteiger partial charge in [-0.3, -0.25) is 9.59 Å². The lowest BCUT2D eigenvalue weighted by molar-refractivity contribution is -0.137. The summed E-state index contributed by atoms with van der Waals surface area (Å²) < 4.78 is 6.64. The van der Waals surface area contributed by atoms with E-state index in [9.17, 15) is 9.59 Å². The summed E-state index contributed by atoms with van der Waals surface area (Å²) in [6, 6.07) is 7.07. The molecule has 1 aliphatic carbocycles. The standard InChI is InChI=1S/C20H19N3O4S/c24-17(25)9-10-27-14-7-5-13(6-8-14)11-22-23-12-21-19-18(20(23)26)15-3-1-2-4-16(15)28-19/h5-8,11-12H,1-4,9-10H2,(H,24,25). The van der Waals surface area contributed by atoms with Gasteiger partial charge in [-0.25, -0.2) is 4.98 Å². The fourth-order valence-electron chi connectivity index (χ4n) is 3.25. The maximum atomic E-state index is 12.9. The number of carbonyl (C=O) groups is 1. The average Bonchev–Trinajstić information content (AvgIpc) is 3.07. The van der Waals surface area contributed by atoms with Crippen LogP contribution in [0.5, 0.6) is 5.75 Å². The number of benzene rings is 1. The monoisotopic (exact) mass is 397 g/mol. The number of aliphatic carboxylic acids is 1. The van der Waals surface area contributed by atoms with Crippen molar-refractivity contribution in [3.05, 3.63) is 57.0 Å². The molecule has 0 saturated carbocycles. The van der Waals surface area contributed by atoms with Gasteiger partial charge in [0.25, 0.3) is 5.56 Å². The molecule has 7 nitrogen and oxygen atoms in total. The minimum atomic E-state index is -0.897. The summed E-state index contributed by atoms with van der Waals surface area (Å²) in [6.07, 6.45) is 7.25. The van der Waals surface area contributed by atoms with Gasteiger partial charge in [-0.15, -0.1) is 11.3 Å². The van der Waals surface area contributed by atoms with Crippen LogP contribution in [0.15, 0.2) is 40.5 Å². The Balaban J connectivity index is 1.53. The fraction of sp³-hybridized carbons (Fsp3) is 0.300. The van der Waals surface area contributed by atoms with Crippen LogP contribution in [-0.4, -0.2) is 33.6 Å². The lowest BCUT2D eigenvalue weighted by atomic mass is 9.97. The molecule has 2 aromatic heterocycles.